The van der Waals surface area contributed by atoms with E-state index < -0.39 is 0 Å². The Morgan fingerprint density at radius 2 is 1.74 bits per heavy atom. The highest BCUT2D eigenvalue weighted by Gasteiger charge is 2.18. The summed E-state index contributed by atoms with van der Waals surface area (Å²) < 4.78 is 1.91. The highest BCUT2D eigenvalue weighted by Crippen LogP contribution is 2.27. The van der Waals surface area contributed by atoms with Crippen LogP contribution >= 0.6 is 0 Å². The molecule has 6 heteroatoms. The lowest BCUT2D eigenvalue weighted by Crippen LogP contribution is -2.45. The third-order valence-corrected chi connectivity index (χ3v) is 4.39. The van der Waals surface area contributed by atoms with E-state index in [-0.39, 0.29) is 5.75 Å². The topological polar surface area (TPSA) is 56.9 Å². The van der Waals surface area contributed by atoms with E-state index in [0.717, 1.165) is 48.8 Å². The summed E-state index contributed by atoms with van der Waals surface area (Å²) in [5.74, 6) is 1.34. The largest absolute Gasteiger partial charge is 0.508 e. The van der Waals surface area contributed by atoms with Crippen molar-refractivity contribution in [2.24, 2.45) is 0 Å². The molecule has 1 aliphatic heterocycles. The number of nitrogens with zero attached hydrogens (tertiary/aromatic N) is 5. The summed E-state index contributed by atoms with van der Waals surface area (Å²) in [6.07, 6.45) is 3.68. The molecule has 0 aliphatic carbocycles. The normalized spacial score (nSPS) is 16.1. The first-order valence-corrected chi connectivity index (χ1v) is 7.78. The van der Waals surface area contributed by atoms with Crippen molar-refractivity contribution in [1.29, 1.82) is 0 Å². The standard InChI is InChI=1S/C17H19N5O/c1-20-8-10-21(11-9-20)16-6-7-18-17-15(12-19-22(16)17)13-2-4-14(23)5-3-13/h2-7,12,23H,8-11H2,1H3. The molecule has 0 amide bonds. The van der Waals surface area contributed by atoms with E-state index >= 15 is 0 Å². The number of rotatable bonds is 2. The van der Waals surface area contributed by atoms with Gasteiger partial charge in [-0.1, -0.05) is 12.1 Å². The molecular weight excluding hydrogens is 290 g/mol. The predicted molar refractivity (Wildman–Crippen MR) is 89.8 cm³/mol. The number of phenolic OH excluding ortho intramolecular Hbond substituents is 1. The van der Waals surface area contributed by atoms with Crippen molar-refractivity contribution in [3.63, 3.8) is 0 Å². The molecule has 0 bridgehead atoms. The van der Waals surface area contributed by atoms with E-state index in [0.29, 0.717) is 0 Å². The number of hydrogen-bond donors (Lipinski definition) is 1. The van der Waals surface area contributed by atoms with Gasteiger partial charge in [0.1, 0.15) is 11.6 Å². The van der Waals surface area contributed by atoms with Crippen molar-refractivity contribution in [2.45, 2.75) is 0 Å². The van der Waals surface area contributed by atoms with Gasteiger partial charge in [-0.25, -0.2) is 4.98 Å². The van der Waals surface area contributed by atoms with Gasteiger partial charge >= 0.3 is 0 Å². The lowest BCUT2D eigenvalue weighted by atomic mass is 10.1. The number of phenols is 1. The summed E-state index contributed by atoms with van der Waals surface area (Å²) in [4.78, 5) is 9.19. The van der Waals surface area contributed by atoms with Gasteiger partial charge < -0.3 is 14.9 Å². The quantitative estimate of drug-likeness (QED) is 0.783. The number of likely N-dealkylation sites (N-methyl/N-ethyl adjacent to an activating group) is 1. The van der Waals surface area contributed by atoms with Crippen LogP contribution in [0.5, 0.6) is 5.75 Å². The van der Waals surface area contributed by atoms with Crippen molar-refractivity contribution >= 4 is 11.5 Å². The molecule has 3 aromatic rings. The highest BCUT2D eigenvalue weighted by molar-refractivity contribution is 5.78. The highest BCUT2D eigenvalue weighted by atomic mass is 16.3. The fraction of sp³-hybridized carbons (Fsp3) is 0.294. The van der Waals surface area contributed by atoms with Crippen LogP contribution in [0.1, 0.15) is 0 Å². The second-order valence-corrected chi connectivity index (χ2v) is 5.93. The van der Waals surface area contributed by atoms with E-state index in [2.05, 4.69) is 26.9 Å². The first kappa shape index (κ1) is 14.0. The molecule has 1 fully saturated rings. The molecule has 4 rings (SSSR count). The monoisotopic (exact) mass is 309 g/mol. The molecular formula is C17H19N5O. The zero-order chi connectivity index (χ0) is 15.8. The van der Waals surface area contributed by atoms with E-state index in [4.69, 9.17) is 0 Å². The zero-order valence-electron chi connectivity index (χ0n) is 13.1. The summed E-state index contributed by atoms with van der Waals surface area (Å²) in [6.45, 7) is 4.08. The van der Waals surface area contributed by atoms with Crippen LogP contribution in [0, 0.1) is 0 Å². The van der Waals surface area contributed by atoms with Gasteiger partial charge in [0.25, 0.3) is 0 Å². The Bertz CT molecular complexity index is 819. The predicted octanol–water partition coefficient (Wildman–Crippen LogP) is 1.85. The van der Waals surface area contributed by atoms with Gasteiger partial charge in [0.05, 0.1) is 6.20 Å². The zero-order valence-corrected chi connectivity index (χ0v) is 13.1. The minimum atomic E-state index is 0.260. The Morgan fingerprint density at radius 1 is 1.00 bits per heavy atom. The summed E-state index contributed by atoms with van der Waals surface area (Å²) in [5, 5.41) is 14.0. The molecule has 0 saturated carbocycles. The number of fused-ring (bicyclic) bond motifs is 1. The lowest BCUT2D eigenvalue weighted by molar-refractivity contribution is 0.311. The van der Waals surface area contributed by atoms with Gasteiger partial charge in [0.15, 0.2) is 5.65 Å². The second kappa shape index (κ2) is 5.55. The fourth-order valence-corrected chi connectivity index (χ4v) is 3.00. The maximum Gasteiger partial charge on any atom is 0.165 e. The maximum absolute atomic E-state index is 9.46. The lowest BCUT2D eigenvalue weighted by Gasteiger charge is -2.33. The van der Waals surface area contributed by atoms with Gasteiger partial charge in [0.2, 0.25) is 0 Å². The van der Waals surface area contributed by atoms with Crippen molar-refractivity contribution in [3.05, 3.63) is 42.7 Å². The third-order valence-electron chi connectivity index (χ3n) is 4.39. The van der Waals surface area contributed by atoms with Crippen LogP contribution in [-0.4, -0.2) is 57.8 Å². The first-order valence-electron chi connectivity index (χ1n) is 7.78. The Morgan fingerprint density at radius 3 is 2.48 bits per heavy atom. The first-order chi connectivity index (χ1) is 11.2. The maximum atomic E-state index is 9.46. The number of hydrogen-bond acceptors (Lipinski definition) is 5. The van der Waals surface area contributed by atoms with Crippen molar-refractivity contribution in [2.75, 3.05) is 38.1 Å². The van der Waals surface area contributed by atoms with Crippen LogP contribution in [0.4, 0.5) is 5.82 Å². The van der Waals surface area contributed by atoms with Crippen molar-refractivity contribution in [3.8, 4) is 16.9 Å². The average Bonchev–Trinajstić information content (AvgIpc) is 3.00. The van der Waals surface area contributed by atoms with Crippen LogP contribution in [0.2, 0.25) is 0 Å². The minimum Gasteiger partial charge on any atom is -0.508 e. The van der Waals surface area contributed by atoms with Crippen LogP contribution in [0.25, 0.3) is 16.8 Å². The molecule has 118 valence electrons. The Labute approximate surface area is 134 Å². The molecule has 3 heterocycles. The van der Waals surface area contributed by atoms with Gasteiger partial charge in [0, 0.05) is 37.9 Å². The number of anilines is 1. The van der Waals surface area contributed by atoms with E-state index in [1.165, 1.54) is 0 Å². The van der Waals surface area contributed by atoms with Crippen LogP contribution in [0.15, 0.2) is 42.7 Å². The van der Waals surface area contributed by atoms with Gasteiger partial charge in [-0.3, -0.25) is 0 Å². The van der Waals surface area contributed by atoms with Crippen LogP contribution < -0.4 is 4.90 Å². The molecule has 1 saturated heterocycles. The van der Waals surface area contributed by atoms with Crippen LogP contribution in [-0.2, 0) is 0 Å². The Balaban J connectivity index is 1.76. The fourth-order valence-electron chi connectivity index (χ4n) is 3.00. The molecule has 6 nitrogen and oxygen atoms in total. The number of aromatic nitrogens is 3. The molecule has 0 radical (unpaired) electrons. The molecule has 0 atom stereocenters. The van der Waals surface area contributed by atoms with Gasteiger partial charge in [-0.15, -0.1) is 0 Å². The van der Waals surface area contributed by atoms with Gasteiger partial charge in [-0.2, -0.15) is 9.61 Å². The molecule has 1 N–H and O–H groups in total. The molecule has 23 heavy (non-hydrogen) atoms. The summed E-state index contributed by atoms with van der Waals surface area (Å²) in [5.41, 5.74) is 2.81. The molecule has 1 aromatic carbocycles. The minimum absolute atomic E-state index is 0.260. The SMILES string of the molecule is CN1CCN(c2ccnc3c(-c4ccc(O)cc4)cnn23)CC1. The third kappa shape index (κ3) is 2.51. The van der Waals surface area contributed by atoms with Crippen molar-refractivity contribution in [1.82, 2.24) is 19.5 Å². The molecule has 0 unspecified atom stereocenters. The summed E-state index contributed by atoms with van der Waals surface area (Å²) in [6, 6.07) is 9.16. The Hall–Kier alpha value is -2.60. The molecule has 1 aliphatic rings. The number of piperazine rings is 1. The van der Waals surface area contributed by atoms with E-state index in [1.807, 2.05) is 35.1 Å². The summed E-state index contributed by atoms with van der Waals surface area (Å²) in [7, 11) is 2.15. The van der Waals surface area contributed by atoms with E-state index in [1.54, 1.807) is 12.1 Å². The molecule has 0 spiro atoms. The van der Waals surface area contributed by atoms with Crippen molar-refractivity contribution < 1.29 is 5.11 Å². The molecule has 2 aromatic heterocycles. The van der Waals surface area contributed by atoms with Gasteiger partial charge in [-0.05, 0) is 30.8 Å². The van der Waals surface area contributed by atoms with Crippen LogP contribution in [0.3, 0.4) is 0 Å². The number of benzene rings is 1. The summed E-state index contributed by atoms with van der Waals surface area (Å²) >= 11 is 0. The second-order valence-electron chi connectivity index (χ2n) is 5.93. The average molecular weight is 309 g/mol. The Kier molecular flexibility index (Phi) is 3.38. The number of aromatic hydroxyl groups is 1. The van der Waals surface area contributed by atoms with E-state index in [9.17, 15) is 5.11 Å². The smallest absolute Gasteiger partial charge is 0.165 e.